The number of alkyl halides is 3. The van der Waals surface area contributed by atoms with Gasteiger partial charge in [-0.25, -0.2) is 0 Å². The van der Waals surface area contributed by atoms with Crippen LogP contribution in [0.15, 0.2) is 24.3 Å². The molecule has 0 saturated carbocycles. The summed E-state index contributed by atoms with van der Waals surface area (Å²) in [5, 5.41) is 3.06. The Hall–Kier alpha value is -1.43. The zero-order chi connectivity index (χ0) is 12.7. The third kappa shape index (κ3) is 6.01. The molecule has 0 aliphatic carbocycles. The van der Waals surface area contributed by atoms with Crippen LogP contribution in [0.3, 0.4) is 0 Å². The van der Waals surface area contributed by atoms with Crippen molar-refractivity contribution < 1.29 is 22.6 Å². The lowest BCUT2D eigenvalue weighted by Crippen LogP contribution is -2.20. The molecule has 0 radical (unpaired) electrons. The summed E-state index contributed by atoms with van der Waals surface area (Å²) in [5.74, 6) is 0.258. The topological polar surface area (TPSA) is 30.5 Å². The van der Waals surface area contributed by atoms with Crippen molar-refractivity contribution in [2.24, 2.45) is 0 Å². The lowest BCUT2D eigenvalue weighted by molar-refractivity contribution is -0.274. The number of hydrogen-bond acceptors (Lipinski definition) is 3. The van der Waals surface area contributed by atoms with Crippen molar-refractivity contribution in [3.63, 3.8) is 0 Å². The second kappa shape index (κ2) is 6.34. The van der Waals surface area contributed by atoms with Crippen LogP contribution in [0, 0.1) is 0 Å². The Balaban J connectivity index is 2.39. The highest BCUT2D eigenvalue weighted by Gasteiger charge is 2.30. The fraction of sp³-hybridized carbons (Fsp3) is 0.455. The minimum Gasteiger partial charge on any atom is -0.492 e. The van der Waals surface area contributed by atoms with Gasteiger partial charge in [-0.05, 0) is 30.8 Å². The average molecular weight is 249 g/mol. The number of benzene rings is 1. The Kier molecular flexibility index (Phi) is 5.09. The van der Waals surface area contributed by atoms with Crippen LogP contribution < -0.4 is 14.8 Å². The van der Waals surface area contributed by atoms with E-state index in [4.69, 9.17) is 4.74 Å². The van der Waals surface area contributed by atoms with Gasteiger partial charge in [0.15, 0.2) is 0 Å². The maximum Gasteiger partial charge on any atom is 0.573 e. The van der Waals surface area contributed by atoms with Gasteiger partial charge < -0.3 is 14.8 Å². The fourth-order valence-electron chi connectivity index (χ4n) is 1.16. The number of hydrogen-bond donors (Lipinski definition) is 1. The molecule has 0 heterocycles. The van der Waals surface area contributed by atoms with Crippen molar-refractivity contribution in [1.29, 1.82) is 0 Å². The van der Waals surface area contributed by atoms with E-state index in [2.05, 4.69) is 10.1 Å². The zero-order valence-corrected chi connectivity index (χ0v) is 9.38. The van der Waals surface area contributed by atoms with Crippen molar-refractivity contribution in [1.82, 2.24) is 5.32 Å². The molecule has 0 fully saturated rings. The molecule has 0 amide bonds. The van der Waals surface area contributed by atoms with Gasteiger partial charge in [0.05, 0.1) is 0 Å². The molecule has 0 unspecified atom stereocenters. The van der Waals surface area contributed by atoms with Crippen LogP contribution in [0.1, 0.15) is 6.92 Å². The van der Waals surface area contributed by atoms with Gasteiger partial charge in [-0.2, -0.15) is 0 Å². The zero-order valence-electron chi connectivity index (χ0n) is 9.38. The van der Waals surface area contributed by atoms with Gasteiger partial charge in [0.2, 0.25) is 0 Å². The first-order valence-electron chi connectivity index (χ1n) is 5.20. The predicted octanol–water partition coefficient (Wildman–Crippen LogP) is 2.57. The third-order valence-electron chi connectivity index (χ3n) is 1.85. The van der Waals surface area contributed by atoms with E-state index in [1.807, 2.05) is 6.92 Å². The summed E-state index contributed by atoms with van der Waals surface area (Å²) in [6, 6.07) is 5.31. The highest BCUT2D eigenvalue weighted by molar-refractivity contribution is 5.31. The molecule has 0 aromatic heterocycles. The summed E-state index contributed by atoms with van der Waals surface area (Å²) in [6.45, 7) is 3.98. The van der Waals surface area contributed by atoms with Crippen LogP contribution in [0.5, 0.6) is 11.5 Å². The van der Waals surface area contributed by atoms with Gasteiger partial charge in [0.25, 0.3) is 0 Å². The lowest BCUT2D eigenvalue weighted by Gasteiger charge is -2.10. The highest BCUT2D eigenvalue weighted by Crippen LogP contribution is 2.24. The molecule has 6 heteroatoms. The van der Waals surface area contributed by atoms with Crippen LogP contribution in [0.4, 0.5) is 13.2 Å². The number of ether oxygens (including phenoxy) is 2. The van der Waals surface area contributed by atoms with E-state index < -0.39 is 6.36 Å². The van der Waals surface area contributed by atoms with Gasteiger partial charge in [0, 0.05) is 6.54 Å². The van der Waals surface area contributed by atoms with Crippen molar-refractivity contribution in [2.45, 2.75) is 13.3 Å². The van der Waals surface area contributed by atoms with Crippen molar-refractivity contribution in [3.05, 3.63) is 24.3 Å². The summed E-state index contributed by atoms with van der Waals surface area (Å²) in [4.78, 5) is 0. The summed E-state index contributed by atoms with van der Waals surface area (Å²) in [5.41, 5.74) is 0. The van der Waals surface area contributed by atoms with Crippen molar-refractivity contribution in [2.75, 3.05) is 19.7 Å². The molecule has 1 aromatic carbocycles. The van der Waals surface area contributed by atoms with Gasteiger partial charge in [0.1, 0.15) is 18.1 Å². The van der Waals surface area contributed by atoms with E-state index in [0.29, 0.717) is 18.9 Å². The van der Waals surface area contributed by atoms with Crippen LogP contribution in [-0.2, 0) is 0 Å². The molecule has 3 nitrogen and oxygen atoms in total. The van der Waals surface area contributed by atoms with E-state index in [-0.39, 0.29) is 5.75 Å². The Morgan fingerprint density at radius 3 is 2.24 bits per heavy atom. The lowest BCUT2D eigenvalue weighted by atomic mass is 10.3. The SMILES string of the molecule is CCNCCOc1ccc(OC(F)(F)F)cc1. The fourth-order valence-corrected chi connectivity index (χ4v) is 1.16. The molecule has 1 N–H and O–H groups in total. The van der Waals surface area contributed by atoms with Crippen LogP contribution >= 0.6 is 0 Å². The van der Waals surface area contributed by atoms with Gasteiger partial charge in [-0.15, -0.1) is 13.2 Å². The number of likely N-dealkylation sites (N-methyl/N-ethyl adjacent to an activating group) is 1. The largest absolute Gasteiger partial charge is 0.573 e. The van der Waals surface area contributed by atoms with E-state index in [1.165, 1.54) is 24.3 Å². The molecule has 0 bridgehead atoms. The minimum atomic E-state index is -4.66. The number of halogens is 3. The summed E-state index contributed by atoms with van der Waals surface area (Å²) in [7, 11) is 0. The quantitative estimate of drug-likeness (QED) is 0.786. The van der Waals surface area contributed by atoms with Gasteiger partial charge >= 0.3 is 6.36 Å². The molecule has 0 aliphatic heterocycles. The van der Waals surface area contributed by atoms with Crippen LogP contribution in [0.25, 0.3) is 0 Å². The molecule has 0 atom stereocenters. The predicted molar refractivity (Wildman–Crippen MR) is 57.2 cm³/mol. The molecule has 1 aromatic rings. The second-order valence-electron chi connectivity index (χ2n) is 3.22. The first-order chi connectivity index (χ1) is 8.01. The smallest absolute Gasteiger partial charge is 0.492 e. The molecule has 0 spiro atoms. The summed E-state index contributed by atoms with van der Waals surface area (Å²) in [6.07, 6.45) is -4.66. The average Bonchev–Trinajstić information content (AvgIpc) is 2.25. The molecule has 0 saturated heterocycles. The third-order valence-corrected chi connectivity index (χ3v) is 1.85. The molecular weight excluding hydrogens is 235 g/mol. The van der Waals surface area contributed by atoms with Crippen molar-refractivity contribution >= 4 is 0 Å². The minimum absolute atomic E-state index is 0.253. The molecule has 0 aliphatic rings. The van der Waals surface area contributed by atoms with E-state index in [0.717, 1.165) is 6.54 Å². The Bertz CT molecular complexity index is 324. The highest BCUT2D eigenvalue weighted by atomic mass is 19.4. The molecule has 1 rings (SSSR count). The molecule has 96 valence electrons. The van der Waals surface area contributed by atoms with E-state index >= 15 is 0 Å². The Labute approximate surface area is 97.5 Å². The van der Waals surface area contributed by atoms with Crippen LogP contribution in [0.2, 0.25) is 0 Å². The Morgan fingerprint density at radius 2 is 1.71 bits per heavy atom. The van der Waals surface area contributed by atoms with Crippen molar-refractivity contribution in [3.8, 4) is 11.5 Å². The number of rotatable bonds is 6. The summed E-state index contributed by atoms with van der Waals surface area (Å²) >= 11 is 0. The maximum absolute atomic E-state index is 11.9. The second-order valence-corrected chi connectivity index (χ2v) is 3.22. The standard InChI is InChI=1S/C11H14F3NO2/c1-2-15-7-8-16-9-3-5-10(6-4-9)17-11(12,13)14/h3-6,15H,2,7-8H2,1H3. The molecular formula is C11H14F3NO2. The van der Waals surface area contributed by atoms with E-state index in [9.17, 15) is 13.2 Å². The summed E-state index contributed by atoms with van der Waals surface area (Å²) < 4.78 is 44.6. The monoisotopic (exact) mass is 249 g/mol. The first-order valence-corrected chi connectivity index (χ1v) is 5.20. The van der Waals surface area contributed by atoms with Gasteiger partial charge in [-0.1, -0.05) is 6.92 Å². The normalized spacial score (nSPS) is 11.3. The molecule has 17 heavy (non-hydrogen) atoms. The van der Waals surface area contributed by atoms with E-state index in [1.54, 1.807) is 0 Å². The van der Waals surface area contributed by atoms with Gasteiger partial charge in [-0.3, -0.25) is 0 Å². The first kappa shape index (κ1) is 13.6. The maximum atomic E-state index is 11.9. The Morgan fingerprint density at radius 1 is 1.12 bits per heavy atom. The van der Waals surface area contributed by atoms with Crippen LogP contribution in [-0.4, -0.2) is 26.1 Å². The number of nitrogens with one attached hydrogen (secondary N) is 1.